The third-order valence-corrected chi connectivity index (χ3v) is 30.5. The minimum atomic E-state index is -3.68. The van der Waals surface area contributed by atoms with Gasteiger partial charge in [-0.2, -0.15) is 30.2 Å². The number of ether oxygens (including phenoxy) is 6. The van der Waals surface area contributed by atoms with E-state index in [9.17, 15) is 61.4 Å². The molecule has 58 heteroatoms. The molecular weight excluding hydrogens is 2020 g/mol. The van der Waals surface area contributed by atoms with Gasteiger partial charge >= 0.3 is 30.4 Å². The monoisotopic (exact) mass is 2140 g/mol. The number of aromatic amines is 3. The highest BCUT2D eigenvalue weighted by Gasteiger charge is 2.33. The van der Waals surface area contributed by atoms with Crippen LogP contribution >= 0.6 is 101 Å². The van der Waals surface area contributed by atoms with Crippen molar-refractivity contribution in [3.8, 4) is 11.9 Å². The SMILES string of the molecule is CC(C)(C)C(=O)SCCOP(=O)(COCCn1cnc2c(=O)[nH]c(N)nc21)OCCSC(=O)C(C)(C)C.CCC(=O)SCCOP(=O)(COCCn1cnc2c(=O)[nH]c(N)nc21)OCCSC(=O)CC.CCCCOC(CC)COP(=O)(COCCn1cnc2c(=O)[nH]c(N)nc21)OCc1ccc(C#N)cc1.COc1nc(N)nc2c1ncn2CCOCP(=O)(OCCSC(C)=O)OCCSC(C)=O. The second-order valence-corrected chi connectivity index (χ2v) is 46.2. The number of thioether (sulfide) groups is 6. The van der Waals surface area contributed by atoms with E-state index < -0.39 is 57.9 Å². The Labute approximate surface area is 827 Å². The number of benzene rings is 1. The van der Waals surface area contributed by atoms with Gasteiger partial charge in [0, 0.05) is 105 Å². The topological polar surface area (TPSA) is 662 Å². The van der Waals surface area contributed by atoms with E-state index in [1.54, 1.807) is 62.7 Å². The van der Waals surface area contributed by atoms with Crippen LogP contribution in [0.2, 0.25) is 0 Å². The number of rotatable bonds is 58. The highest BCUT2D eigenvalue weighted by Crippen LogP contribution is 2.52. The standard InChI is InChI=1S/C24H33N6O6P.C22H36N5O7PS2.C18H28N5O7PS2.C17H26N5O7PS2/c1-3-5-11-34-20(4-2)15-36-37(32,35-14-19-8-6-18(13-25)7-9-19)17-33-12-10-30-16-27-21-22(30)28-24(26)29-23(21)31;1-21(2,3)18(29)36-11-9-33-35(31,34-10-12-37-19(30)22(4,5)6)14-32-8-7-27-13-24-15-16(27)25-20(23)26-17(15)28;1-3-13(24)32-9-7-29-31(27,30-8-10-33-14(25)4-2)12-28-6-5-23-11-20-15-16(23)21-18(19)22-17(15)26;1-12(23)31-8-6-28-30(25,29-7-9-32-13(2)24)11-27-5-4-22-10-19-14-15(22)20-17(18)21-16(14)26-3/h6-9,16,20H,3-5,10-12,14-15,17H2,1-2H3,(H3,26,28,29,31);13H,7-12,14H2,1-6H3,(H3,23,25,26,28);11H,3-10,12H2,1-2H3,(H3,19,21,22,26);10H,4-9,11H2,1-3H3,(H2,18,20,21). The smallest absolute Gasteiger partial charge is 0.356 e. The summed E-state index contributed by atoms with van der Waals surface area (Å²) in [6, 6.07) is 8.85. The second kappa shape index (κ2) is 61.1. The summed E-state index contributed by atoms with van der Waals surface area (Å²) < 4.78 is 137. The molecule has 0 saturated carbocycles. The fourth-order valence-corrected chi connectivity index (χ4v) is 20.5. The Bertz CT molecular complexity index is 5800. The van der Waals surface area contributed by atoms with Gasteiger partial charge < -0.3 is 106 Å². The summed E-state index contributed by atoms with van der Waals surface area (Å²) in [7, 11) is -13.1. The summed E-state index contributed by atoms with van der Waals surface area (Å²) in [5.74, 6) is 2.23. The number of methoxy groups -OCH3 is 1. The molecule has 0 aliphatic heterocycles. The molecular formula is C81H123N21O27P4S6. The van der Waals surface area contributed by atoms with Crippen LogP contribution in [0.25, 0.3) is 44.7 Å². The summed E-state index contributed by atoms with van der Waals surface area (Å²) in [4.78, 5) is 149. The van der Waals surface area contributed by atoms with Crippen LogP contribution in [0.4, 0.5) is 23.8 Å². The molecule has 0 spiro atoms. The second-order valence-electron chi connectivity index (χ2n) is 31.2. The molecule has 2 atom stereocenters. The van der Waals surface area contributed by atoms with Crippen LogP contribution in [0.15, 0.2) is 64.0 Å². The largest absolute Gasteiger partial charge is 0.479 e. The Balaban J connectivity index is 0.000000285. The maximum atomic E-state index is 13.6. The molecule has 1 aromatic carbocycles. The Morgan fingerprint density at radius 3 is 1.09 bits per heavy atom. The van der Waals surface area contributed by atoms with E-state index in [0.29, 0.717) is 107 Å². The van der Waals surface area contributed by atoms with Crippen molar-refractivity contribution in [1.29, 1.82) is 5.26 Å². The highest BCUT2D eigenvalue weighted by atomic mass is 32.2. The highest BCUT2D eigenvalue weighted by molar-refractivity contribution is 8.15. The molecule has 0 amide bonds. The van der Waals surface area contributed by atoms with Crippen molar-refractivity contribution in [2.75, 3.05) is 169 Å². The van der Waals surface area contributed by atoms with Crippen molar-refractivity contribution < 1.29 is 112 Å². The quantitative estimate of drug-likeness (QED) is 0.0137. The maximum absolute atomic E-state index is 13.6. The van der Waals surface area contributed by atoms with Gasteiger partial charge in [-0.25, -0.2) is 19.9 Å². The van der Waals surface area contributed by atoms with Crippen LogP contribution in [0.1, 0.15) is 126 Å². The number of nitrogens with one attached hydrogen (secondary N) is 3. The maximum Gasteiger partial charge on any atom is 0.356 e. The van der Waals surface area contributed by atoms with E-state index in [4.69, 9.17) is 92.8 Å². The number of imidazole rings is 4. The predicted octanol–water partition coefficient (Wildman–Crippen LogP) is 11.5. The van der Waals surface area contributed by atoms with E-state index in [-0.39, 0.29) is 201 Å². The van der Waals surface area contributed by atoms with Gasteiger partial charge in [0.2, 0.25) is 29.7 Å². The number of nitrogen functional groups attached to an aromatic ring is 4. The molecule has 2 unspecified atom stereocenters. The zero-order chi connectivity index (χ0) is 102. The number of hydrogen-bond donors (Lipinski definition) is 7. The van der Waals surface area contributed by atoms with Crippen molar-refractivity contribution in [3.63, 3.8) is 0 Å². The van der Waals surface area contributed by atoms with E-state index >= 15 is 0 Å². The minimum absolute atomic E-state index is 0.000773. The number of nitrogens with two attached hydrogens (primary N) is 4. The normalized spacial score (nSPS) is 12.6. The Morgan fingerprint density at radius 2 is 0.777 bits per heavy atom. The summed E-state index contributed by atoms with van der Waals surface area (Å²) in [6.07, 6.45) is 7.92. The van der Waals surface area contributed by atoms with Gasteiger partial charge in [0.15, 0.2) is 75.3 Å². The first-order valence-electron chi connectivity index (χ1n) is 43.5. The zero-order valence-electron chi connectivity index (χ0n) is 79.7. The van der Waals surface area contributed by atoms with Crippen molar-refractivity contribution in [2.24, 2.45) is 10.8 Å². The Morgan fingerprint density at radius 1 is 0.446 bits per heavy atom. The molecule has 8 aromatic heterocycles. The van der Waals surface area contributed by atoms with Gasteiger partial charge in [0.05, 0.1) is 129 Å². The molecule has 9 rings (SSSR count). The molecule has 8 heterocycles. The molecule has 48 nitrogen and oxygen atoms in total. The lowest BCUT2D eigenvalue weighted by molar-refractivity contribution is -0.118. The fourth-order valence-electron chi connectivity index (χ4n) is 10.8. The number of H-pyrrole nitrogens is 3. The van der Waals surface area contributed by atoms with Gasteiger partial charge in [-0.3, -0.25) is 76.4 Å². The number of unbranched alkanes of at least 4 members (excludes halogenated alkanes) is 1. The molecule has 139 heavy (non-hydrogen) atoms. The van der Waals surface area contributed by atoms with Crippen LogP contribution in [0.3, 0.4) is 0 Å². The minimum Gasteiger partial charge on any atom is -0.479 e. The number of carbonyl (C=O) groups excluding carboxylic acids is 6. The molecule has 770 valence electrons. The molecule has 11 N–H and O–H groups in total. The molecule has 0 bridgehead atoms. The van der Waals surface area contributed by atoms with E-state index in [0.717, 1.165) is 89.0 Å². The zero-order valence-corrected chi connectivity index (χ0v) is 88.1. The fraction of sp³-hybridized carbons (Fsp3) is 0.593. The molecule has 0 aliphatic rings. The number of aromatic nitrogens is 16. The van der Waals surface area contributed by atoms with E-state index in [2.05, 4.69) is 72.8 Å². The number of nitriles is 1. The number of anilines is 4. The van der Waals surface area contributed by atoms with Crippen LogP contribution in [-0.2, 0) is 140 Å². The summed E-state index contributed by atoms with van der Waals surface area (Å²) in [5.41, 5.74) is 23.9. The molecule has 9 aromatic rings. The third-order valence-electron chi connectivity index (χ3n) is 17.9. The van der Waals surface area contributed by atoms with E-state index in [1.807, 2.05) is 48.5 Å². The van der Waals surface area contributed by atoms with Gasteiger partial charge in [0.25, 0.3) is 16.7 Å². The lowest BCUT2D eigenvalue weighted by Crippen LogP contribution is -2.20. The molecule has 0 radical (unpaired) electrons. The Kier molecular flexibility index (Phi) is 52.5. The lowest BCUT2D eigenvalue weighted by atomic mass is 9.99. The molecule has 0 fully saturated rings. The van der Waals surface area contributed by atoms with E-state index in [1.165, 1.54) is 39.9 Å². The van der Waals surface area contributed by atoms with Crippen molar-refractivity contribution in [1.82, 2.24) is 78.1 Å². The predicted molar refractivity (Wildman–Crippen MR) is 536 cm³/mol. The van der Waals surface area contributed by atoms with Gasteiger partial charge in [-0.05, 0) is 30.5 Å². The van der Waals surface area contributed by atoms with Crippen LogP contribution in [0.5, 0.6) is 5.88 Å². The van der Waals surface area contributed by atoms with Crippen LogP contribution in [-0.4, -0.2) is 261 Å². The third kappa shape index (κ3) is 43.5. The van der Waals surface area contributed by atoms with Crippen LogP contribution < -0.4 is 44.3 Å². The Hall–Kier alpha value is -8.17. The molecule has 0 aliphatic carbocycles. The number of fused-ring (bicyclic) bond motifs is 4. The van der Waals surface area contributed by atoms with Gasteiger partial charge in [0.1, 0.15) is 25.4 Å². The van der Waals surface area contributed by atoms with Crippen LogP contribution in [0, 0.1) is 22.2 Å². The first-order valence-corrected chi connectivity index (χ1v) is 56.3. The first-order chi connectivity index (χ1) is 66.0. The van der Waals surface area contributed by atoms with Crippen molar-refractivity contribution in [2.45, 2.75) is 154 Å². The summed E-state index contributed by atoms with van der Waals surface area (Å²) in [6.45, 7) is 24.1. The average molecular weight is 2140 g/mol. The first kappa shape index (κ1) is 120. The summed E-state index contributed by atoms with van der Waals surface area (Å²) in [5, 5.41) is 8.88. The summed E-state index contributed by atoms with van der Waals surface area (Å²) >= 11 is 6.53. The number of carbonyl (C=O) groups is 6. The van der Waals surface area contributed by atoms with Crippen molar-refractivity contribution in [3.05, 3.63) is 91.8 Å². The van der Waals surface area contributed by atoms with Gasteiger partial charge in [-0.15, -0.1) is 0 Å². The molecule has 0 saturated heterocycles. The average Bonchev–Trinajstić information content (AvgIpc) is 1.67. The number of nitrogens with zero attached hydrogens (tertiary/aromatic N) is 14. The number of hydrogen-bond acceptors (Lipinski definition) is 47. The van der Waals surface area contributed by atoms with Gasteiger partial charge in [-0.1, -0.05) is 158 Å². The lowest BCUT2D eigenvalue weighted by Gasteiger charge is -2.22. The van der Waals surface area contributed by atoms with Crippen molar-refractivity contribution >= 4 is 200 Å².